The molecule has 0 spiro atoms. The molecule has 0 aliphatic heterocycles. The van der Waals surface area contributed by atoms with Crippen molar-refractivity contribution in [3.8, 4) is 0 Å². The molecule has 0 unspecified atom stereocenters. The van der Waals surface area contributed by atoms with E-state index in [9.17, 15) is 8.42 Å². The fourth-order valence-electron chi connectivity index (χ4n) is 2.44. The normalized spacial score (nSPS) is 13.8. The Bertz CT molecular complexity index is 497. The van der Waals surface area contributed by atoms with E-state index in [1.807, 2.05) is 0 Å². The van der Waals surface area contributed by atoms with Crippen LogP contribution in [0, 0.1) is 10.8 Å². The zero-order valence-electron chi connectivity index (χ0n) is 17.5. The number of nitrogens with one attached hydrogen (secondary N) is 2. The summed E-state index contributed by atoms with van der Waals surface area (Å²) in [4.78, 5) is 4.75. The largest absolute Gasteiger partial charge is 0.357 e. The van der Waals surface area contributed by atoms with Gasteiger partial charge in [0.25, 0.3) is 0 Å². The second kappa shape index (κ2) is 11.0. The molecule has 0 aliphatic rings. The number of aliphatic imine (C=N–C) groups is 1. The number of guanidine groups is 1. The van der Waals surface area contributed by atoms with E-state index in [1.54, 1.807) is 0 Å². The predicted octanol–water partition coefficient (Wildman–Crippen LogP) is 3.61. The van der Waals surface area contributed by atoms with Gasteiger partial charge in [-0.1, -0.05) is 53.9 Å². The van der Waals surface area contributed by atoms with Crippen LogP contribution in [-0.4, -0.2) is 46.0 Å². The molecule has 0 fully saturated rings. The highest BCUT2D eigenvalue weighted by molar-refractivity contribution is 7.90. The predicted molar refractivity (Wildman–Crippen MR) is 110 cm³/mol. The topological polar surface area (TPSA) is 70.6 Å². The van der Waals surface area contributed by atoms with Gasteiger partial charge >= 0.3 is 0 Å². The number of hydrogen-bond acceptors (Lipinski definition) is 3. The van der Waals surface area contributed by atoms with E-state index in [0.29, 0.717) is 13.0 Å². The van der Waals surface area contributed by atoms with Gasteiger partial charge < -0.3 is 10.6 Å². The van der Waals surface area contributed by atoms with Crippen molar-refractivity contribution in [3.63, 3.8) is 0 Å². The van der Waals surface area contributed by atoms with Gasteiger partial charge in [-0.25, -0.2) is 8.42 Å². The zero-order valence-corrected chi connectivity index (χ0v) is 18.4. The summed E-state index contributed by atoms with van der Waals surface area (Å²) in [5.41, 5.74) is 0.0965. The molecule has 150 valence electrons. The van der Waals surface area contributed by atoms with Crippen molar-refractivity contribution < 1.29 is 8.42 Å². The van der Waals surface area contributed by atoms with Crippen LogP contribution in [0.1, 0.15) is 73.6 Å². The van der Waals surface area contributed by atoms with Gasteiger partial charge in [-0.15, -0.1) is 0 Å². The molecule has 0 aliphatic carbocycles. The molecule has 0 heterocycles. The third kappa shape index (κ3) is 14.1. The van der Waals surface area contributed by atoms with Crippen molar-refractivity contribution >= 4 is 15.8 Å². The molecule has 5 nitrogen and oxygen atoms in total. The van der Waals surface area contributed by atoms with Gasteiger partial charge in [0.1, 0.15) is 9.84 Å². The average molecular weight is 376 g/mol. The third-order valence-corrected chi connectivity index (χ3v) is 5.30. The minimum absolute atomic E-state index is 0.101. The molecule has 25 heavy (non-hydrogen) atoms. The summed E-state index contributed by atoms with van der Waals surface area (Å²) in [6, 6.07) is 0. The molecular formula is C19H41N3O2S. The highest BCUT2D eigenvalue weighted by Gasteiger charge is 2.21. The Morgan fingerprint density at radius 1 is 0.960 bits per heavy atom. The van der Waals surface area contributed by atoms with Crippen LogP contribution in [0.5, 0.6) is 0 Å². The van der Waals surface area contributed by atoms with Crippen molar-refractivity contribution in [1.29, 1.82) is 0 Å². The summed E-state index contributed by atoms with van der Waals surface area (Å²) in [5, 5.41) is 6.67. The first kappa shape index (κ1) is 24.2. The molecule has 0 aromatic heterocycles. The summed E-state index contributed by atoms with van der Waals surface area (Å²) in [6.45, 7) is 15.3. The molecule has 0 bridgehead atoms. The van der Waals surface area contributed by atoms with Crippen LogP contribution in [0.3, 0.4) is 0 Å². The fraction of sp³-hybridized carbons (Fsp3) is 0.947. The van der Waals surface area contributed by atoms with Crippen LogP contribution >= 0.6 is 0 Å². The number of nitrogens with zero attached hydrogens (tertiary/aromatic N) is 1. The smallest absolute Gasteiger partial charge is 0.191 e. The Morgan fingerprint density at radius 3 is 2.12 bits per heavy atom. The SMILES string of the molecule is CCCCCC(C)(C)CN=C(NCC)NCC(C)(C)CCS(C)(=O)=O. The summed E-state index contributed by atoms with van der Waals surface area (Å²) in [6.07, 6.45) is 6.89. The van der Waals surface area contributed by atoms with Crippen LogP contribution in [0.25, 0.3) is 0 Å². The number of rotatable bonds is 12. The van der Waals surface area contributed by atoms with Gasteiger partial charge in [-0.2, -0.15) is 0 Å². The van der Waals surface area contributed by atoms with Gasteiger partial charge in [0.05, 0.1) is 5.75 Å². The minimum Gasteiger partial charge on any atom is -0.357 e. The van der Waals surface area contributed by atoms with Gasteiger partial charge in [0.2, 0.25) is 0 Å². The Balaban J connectivity index is 4.62. The number of hydrogen-bond donors (Lipinski definition) is 2. The van der Waals surface area contributed by atoms with Crippen LogP contribution in [-0.2, 0) is 9.84 Å². The van der Waals surface area contributed by atoms with Crippen molar-refractivity contribution in [2.24, 2.45) is 15.8 Å². The van der Waals surface area contributed by atoms with Gasteiger partial charge in [0, 0.05) is 25.9 Å². The number of unbranched alkanes of at least 4 members (excludes halogenated alkanes) is 2. The average Bonchev–Trinajstić information content (AvgIpc) is 2.48. The Labute approximate surface area is 156 Å². The molecule has 6 heteroatoms. The van der Waals surface area contributed by atoms with Crippen molar-refractivity contribution in [2.75, 3.05) is 31.6 Å². The Kier molecular flexibility index (Phi) is 10.7. The molecule has 0 amide bonds. The van der Waals surface area contributed by atoms with Crippen molar-refractivity contribution in [3.05, 3.63) is 0 Å². The zero-order chi connectivity index (χ0) is 19.6. The fourth-order valence-corrected chi connectivity index (χ4v) is 3.36. The molecule has 0 radical (unpaired) electrons. The molecule has 0 saturated heterocycles. The number of sulfone groups is 1. The van der Waals surface area contributed by atoms with Gasteiger partial charge in [-0.3, -0.25) is 4.99 Å². The molecular weight excluding hydrogens is 334 g/mol. The maximum Gasteiger partial charge on any atom is 0.191 e. The summed E-state index contributed by atoms with van der Waals surface area (Å²) in [5.74, 6) is 1.04. The van der Waals surface area contributed by atoms with E-state index in [0.717, 1.165) is 19.0 Å². The van der Waals surface area contributed by atoms with Crippen molar-refractivity contribution in [1.82, 2.24) is 10.6 Å². The lowest BCUT2D eigenvalue weighted by molar-refractivity contribution is 0.330. The standard InChI is InChI=1S/C19H41N3O2S/c1-8-10-11-12-18(3,4)15-21-17(20-9-2)22-16-19(5,6)13-14-25(7,23)24/h8-16H2,1-7H3,(H2,20,21,22). The first-order valence-corrected chi connectivity index (χ1v) is 11.7. The lowest BCUT2D eigenvalue weighted by atomic mass is 9.87. The summed E-state index contributed by atoms with van der Waals surface area (Å²) >= 11 is 0. The van der Waals surface area contributed by atoms with Gasteiger partial charge in [-0.05, 0) is 30.6 Å². The second-order valence-electron chi connectivity index (χ2n) is 8.71. The Hall–Kier alpha value is -0.780. The second-order valence-corrected chi connectivity index (χ2v) is 11.0. The first-order valence-electron chi connectivity index (χ1n) is 9.61. The molecule has 0 saturated carbocycles. The molecule has 0 rings (SSSR count). The van der Waals surface area contributed by atoms with E-state index >= 15 is 0 Å². The highest BCUT2D eigenvalue weighted by atomic mass is 32.2. The summed E-state index contributed by atoms with van der Waals surface area (Å²) < 4.78 is 22.8. The van der Waals surface area contributed by atoms with Crippen LogP contribution in [0.15, 0.2) is 4.99 Å². The van der Waals surface area contributed by atoms with E-state index < -0.39 is 9.84 Å². The van der Waals surface area contributed by atoms with Gasteiger partial charge in [0.15, 0.2) is 5.96 Å². The molecule has 0 atom stereocenters. The van der Waals surface area contributed by atoms with Crippen LogP contribution < -0.4 is 10.6 Å². The molecule has 0 aromatic rings. The van der Waals surface area contributed by atoms with E-state index in [-0.39, 0.29) is 16.6 Å². The van der Waals surface area contributed by atoms with E-state index in [2.05, 4.69) is 52.2 Å². The molecule has 0 aromatic carbocycles. The Morgan fingerprint density at radius 2 is 1.60 bits per heavy atom. The molecule has 2 N–H and O–H groups in total. The van der Waals surface area contributed by atoms with E-state index in [4.69, 9.17) is 4.99 Å². The minimum atomic E-state index is -2.92. The van der Waals surface area contributed by atoms with E-state index in [1.165, 1.54) is 31.9 Å². The van der Waals surface area contributed by atoms with Crippen LogP contribution in [0.2, 0.25) is 0 Å². The maximum atomic E-state index is 11.4. The first-order chi connectivity index (χ1) is 11.4. The monoisotopic (exact) mass is 375 g/mol. The lowest BCUT2D eigenvalue weighted by Gasteiger charge is -2.27. The lowest BCUT2D eigenvalue weighted by Crippen LogP contribution is -2.43. The van der Waals surface area contributed by atoms with Crippen LogP contribution in [0.4, 0.5) is 0 Å². The third-order valence-electron chi connectivity index (χ3n) is 4.35. The highest BCUT2D eigenvalue weighted by Crippen LogP contribution is 2.24. The quantitative estimate of drug-likeness (QED) is 0.310. The van der Waals surface area contributed by atoms with Crippen molar-refractivity contribution in [2.45, 2.75) is 73.6 Å². The maximum absolute atomic E-state index is 11.4. The summed E-state index contributed by atoms with van der Waals surface area (Å²) in [7, 11) is -2.92.